The summed E-state index contributed by atoms with van der Waals surface area (Å²) in [7, 11) is 0. The minimum atomic E-state index is 0.103. The van der Waals surface area contributed by atoms with Gasteiger partial charge in [0.1, 0.15) is 0 Å². The van der Waals surface area contributed by atoms with Crippen LogP contribution in [0.5, 0.6) is 0 Å². The first-order valence-corrected chi connectivity index (χ1v) is 9.49. The molecule has 1 saturated carbocycles. The van der Waals surface area contributed by atoms with E-state index in [0.29, 0.717) is 12.0 Å². The molecular weight excluding hydrogens is 304 g/mol. The highest BCUT2D eigenvalue weighted by Crippen LogP contribution is 2.27. The van der Waals surface area contributed by atoms with Gasteiger partial charge in [0, 0.05) is 31.5 Å². The fourth-order valence-electron chi connectivity index (χ4n) is 3.72. The first-order valence-electron chi connectivity index (χ1n) is 9.49. The smallest absolute Gasteiger partial charge is 0.317 e. The van der Waals surface area contributed by atoms with Crippen molar-refractivity contribution in [1.82, 2.24) is 20.4 Å². The molecule has 6 nitrogen and oxygen atoms in total. The molecule has 0 spiro atoms. The molecule has 6 heteroatoms. The first kappa shape index (κ1) is 17.2. The van der Waals surface area contributed by atoms with Crippen LogP contribution < -0.4 is 5.32 Å². The topological polar surface area (TPSA) is 71.3 Å². The Balaban J connectivity index is 1.46. The van der Waals surface area contributed by atoms with Gasteiger partial charge in [-0.15, -0.1) is 0 Å². The van der Waals surface area contributed by atoms with Gasteiger partial charge in [0.05, 0.1) is 0 Å². The summed E-state index contributed by atoms with van der Waals surface area (Å²) in [6.45, 7) is 5.84. The predicted molar refractivity (Wildman–Crippen MR) is 91.8 cm³/mol. The van der Waals surface area contributed by atoms with E-state index in [0.717, 1.165) is 56.9 Å². The number of carbonyl (C=O) groups is 1. The maximum atomic E-state index is 12.4. The molecule has 0 unspecified atom stereocenters. The molecule has 1 aliphatic heterocycles. The predicted octanol–water partition coefficient (Wildman–Crippen LogP) is 3.49. The number of piperidine rings is 1. The number of hydrogen-bond donors (Lipinski definition) is 1. The van der Waals surface area contributed by atoms with Gasteiger partial charge in [0.2, 0.25) is 5.89 Å². The molecule has 0 aromatic carbocycles. The largest absolute Gasteiger partial charge is 0.339 e. The number of urea groups is 1. The molecule has 2 heterocycles. The van der Waals surface area contributed by atoms with Gasteiger partial charge in [-0.1, -0.05) is 38.3 Å². The molecule has 0 atom stereocenters. The third-order valence-corrected chi connectivity index (χ3v) is 5.14. The van der Waals surface area contributed by atoms with E-state index in [1.807, 2.05) is 4.90 Å². The van der Waals surface area contributed by atoms with Gasteiger partial charge in [-0.25, -0.2) is 4.79 Å². The van der Waals surface area contributed by atoms with E-state index >= 15 is 0 Å². The van der Waals surface area contributed by atoms with Crippen LogP contribution in [-0.2, 0) is 6.42 Å². The maximum Gasteiger partial charge on any atom is 0.317 e. The normalized spacial score (nSPS) is 20.5. The highest BCUT2D eigenvalue weighted by molar-refractivity contribution is 5.74. The zero-order valence-electron chi connectivity index (χ0n) is 15.0. The van der Waals surface area contributed by atoms with Crippen molar-refractivity contribution in [3.05, 3.63) is 11.7 Å². The van der Waals surface area contributed by atoms with Crippen molar-refractivity contribution in [3.63, 3.8) is 0 Å². The Bertz CT molecular complexity index is 529. The Hall–Kier alpha value is -1.59. The summed E-state index contributed by atoms with van der Waals surface area (Å²) in [5.41, 5.74) is 0. The summed E-state index contributed by atoms with van der Waals surface area (Å²) in [6.07, 6.45) is 8.70. The fraction of sp³-hybridized carbons (Fsp3) is 0.833. The number of aromatic nitrogens is 2. The third-order valence-electron chi connectivity index (χ3n) is 5.14. The molecule has 134 valence electrons. The number of nitrogens with one attached hydrogen (secondary N) is 1. The molecule has 1 aliphatic carbocycles. The molecule has 0 bridgehead atoms. The molecule has 2 amide bonds. The summed E-state index contributed by atoms with van der Waals surface area (Å²) in [5.74, 6) is 2.37. The fourth-order valence-corrected chi connectivity index (χ4v) is 3.72. The van der Waals surface area contributed by atoms with E-state index < -0.39 is 0 Å². The van der Waals surface area contributed by atoms with Crippen LogP contribution >= 0.6 is 0 Å². The summed E-state index contributed by atoms with van der Waals surface area (Å²) < 4.78 is 5.44. The van der Waals surface area contributed by atoms with Crippen LogP contribution in [0.15, 0.2) is 4.52 Å². The molecule has 1 aromatic heterocycles. The molecule has 2 fully saturated rings. The van der Waals surface area contributed by atoms with Gasteiger partial charge >= 0.3 is 6.03 Å². The van der Waals surface area contributed by atoms with Gasteiger partial charge in [0.15, 0.2) is 5.82 Å². The Morgan fingerprint density at radius 3 is 2.58 bits per heavy atom. The van der Waals surface area contributed by atoms with Crippen molar-refractivity contribution in [3.8, 4) is 0 Å². The number of nitrogens with zero attached hydrogens (tertiary/aromatic N) is 3. The van der Waals surface area contributed by atoms with Crippen molar-refractivity contribution >= 4 is 6.03 Å². The lowest BCUT2D eigenvalue weighted by atomic mass is 9.95. The monoisotopic (exact) mass is 334 g/mol. The van der Waals surface area contributed by atoms with E-state index in [2.05, 4.69) is 29.3 Å². The van der Waals surface area contributed by atoms with Crippen LogP contribution in [-0.4, -0.2) is 40.2 Å². The molecular formula is C18H30N4O2. The van der Waals surface area contributed by atoms with Gasteiger partial charge in [-0.3, -0.25) is 0 Å². The van der Waals surface area contributed by atoms with E-state index in [1.165, 1.54) is 19.3 Å². The lowest BCUT2D eigenvalue weighted by molar-refractivity contribution is 0.169. The average Bonchev–Trinajstić information content (AvgIpc) is 3.03. The van der Waals surface area contributed by atoms with Gasteiger partial charge in [-0.2, -0.15) is 4.98 Å². The number of likely N-dealkylation sites (tertiary alicyclic amines) is 1. The van der Waals surface area contributed by atoms with Crippen LogP contribution in [0.1, 0.15) is 76.4 Å². The molecule has 1 aromatic rings. The minimum absolute atomic E-state index is 0.103. The van der Waals surface area contributed by atoms with Crippen molar-refractivity contribution in [2.45, 2.75) is 77.2 Å². The van der Waals surface area contributed by atoms with Crippen molar-refractivity contribution in [2.75, 3.05) is 13.1 Å². The average molecular weight is 334 g/mol. The number of carbonyl (C=O) groups excluding carboxylic acids is 1. The van der Waals surface area contributed by atoms with E-state index in [-0.39, 0.29) is 11.9 Å². The number of hydrogen-bond acceptors (Lipinski definition) is 4. The SMILES string of the molecule is CC(C)Cc1noc(C2CCN(C(=O)NC3CCCCC3)CC2)n1. The van der Waals surface area contributed by atoms with Crippen LogP contribution in [0, 0.1) is 5.92 Å². The second-order valence-corrected chi connectivity index (χ2v) is 7.69. The third kappa shape index (κ3) is 4.48. The van der Waals surface area contributed by atoms with Crippen molar-refractivity contribution in [2.24, 2.45) is 5.92 Å². The standard InChI is InChI=1S/C18H30N4O2/c1-13(2)12-16-20-17(24-21-16)14-8-10-22(11-9-14)18(23)19-15-6-4-3-5-7-15/h13-15H,3-12H2,1-2H3,(H,19,23). The Kier molecular flexibility index (Phi) is 5.74. The van der Waals surface area contributed by atoms with Crippen LogP contribution in [0.3, 0.4) is 0 Å². The zero-order chi connectivity index (χ0) is 16.9. The Morgan fingerprint density at radius 2 is 1.92 bits per heavy atom. The Labute approximate surface area is 144 Å². The van der Waals surface area contributed by atoms with E-state index in [9.17, 15) is 4.79 Å². The molecule has 1 N–H and O–H groups in total. The van der Waals surface area contributed by atoms with Gasteiger partial charge in [-0.05, 0) is 31.6 Å². The summed E-state index contributed by atoms with van der Waals surface area (Å²) >= 11 is 0. The van der Waals surface area contributed by atoms with Crippen LogP contribution in [0.25, 0.3) is 0 Å². The lowest BCUT2D eigenvalue weighted by Crippen LogP contribution is -2.48. The number of amides is 2. The molecule has 1 saturated heterocycles. The second-order valence-electron chi connectivity index (χ2n) is 7.69. The van der Waals surface area contributed by atoms with Crippen molar-refractivity contribution in [1.29, 1.82) is 0 Å². The minimum Gasteiger partial charge on any atom is -0.339 e. The highest BCUT2D eigenvalue weighted by atomic mass is 16.5. The van der Waals surface area contributed by atoms with E-state index in [4.69, 9.17) is 4.52 Å². The van der Waals surface area contributed by atoms with Crippen molar-refractivity contribution < 1.29 is 9.32 Å². The summed E-state index contributed by atoms with van der Waals surface area (Å²) in [5, 5.41) is 7.29. The zero-order valence-corrected chi connectivity index (χ0v) is 15.0. The van der Waals surface area contributed by atoms with Crippen LogP contribution in [0.4, 0.5) is 4.79 Å². The molecule has 3 rings (SSSR count). The van der Waals surface area contributed by atoms with E-state index in [1.54, 1.807) is 0 Å². The van der Waals surface area contributed by atoms with Gasteiger partial charge in [0.25, 0.3) is 0 Å². The highest BCUT2D eigenvalue weighted by Gasteiger charge is 2.28. The van der Waals surface area contributed by atoms with Crippen LogP contribution in [0.2, 0.25) is 0 Å². The number of rotatable bonds is 4. The summed E-state index contributed by atoms with van der Waals surface area (Å²) in [4.78, 5) is 18.9. The second kappa shape index (κ2) is 7.99. The lowest BCUT2D eigenvalue weighted by Gasteiger charge is -2.32. The Morgan fingerprint density at radius 1 is 1.21 bits per heavy atom. The molecule has 0 radical (unpaired) electrons. The molecule has 2 aliphatic rings. The van der Waals surface area contributed by atoms with Gasteiger partial charge < -0.3 is 14.7 Å². The quantitative estimate of drug-likeness (QED) is 0.915. The maximum absolute atomic E-state index is 12.4. The first-order chi connectivity index (χ1) is 11.6. The summed E-state index contributed by atoms with van der Waals surface area (Å²) in [6, 6.07) is 0.477. The molecule has 24 heavy (non-hydrogen) atoms.